The van der Waals surface area contributed by atoms with Crippen LogP contribution in [0.15, 0.2) is 36.4 Å². The molecule has 0 radical (unpaired) electrons. The molecular weight excluding hydrogens is 456 g/mol. The van der Waals surface area contributed by atoms with E-state index in [0.717, 1.165) is 71.2 Å². The number of aryl methyl sites for hydroxylation is 2. The lowest BCUT2D eigenvalue weighted by molar-refractivity contribution is -0.147. The van der Waals surface area contributed by atoms with Crippen molar-refractivity contribution in [1.29, 1.82) is 0 Å². The van der Waals surface area contributed by atoms with Gasteiger partial charge in [0.1, 0.15) is 11.5 Å². The predicted molar refractivity (Wildman–Crippen MR) is 143 cm³/mol. The number of carbonyl (C=O) groups is 2. The molecule has 0 aliphatic heterocycles. The quantitative estimate of drug-likeness (QED) is 0.139. The van der Waals surface area contributed by atoms with Gasteiger partial charge in [-0.3, -0.25) is 0 Å². The lowest BCUT2D eigenvalue weighted by Gasteiger charge is -2.18. The van der Waals surface area contributed by atoms with Gasteiger partial charge in [0.2, 0.25) is 0 Å². The fraction of sp³-hybridized carbons (Fsp3) is 0.467. The second kappa shape index (κ2) is 13.7. The van der Waals surface area contributed by atoms with Crippen molar-refractivity contribution >= 4 is 33.5 Å². The number of ether oxygens (including phenoxy) is 4. The molecular formula is C30H38O6. The van der Waals surface area contributed by atoms with Crippen LogP contribution in [0.25, 0.3) is 21.5 Å². The van der Waals surface area contributed by atoms with Crippen LogP contribution < -0.4 is 9.47 Å². The summed E-state index contributed by atoms with van der Waals surface area (Å²) in [4.78, 5) is 24.6. The van der Waals surface area contributed by atoms with E-state index in [9.17, 15) is 9.59 Å². The van der Waals surface area contributed by atoms with E-state index in [4.69, 9.17) is 18.9 Å². The minimum atomic E-state index is -0.391. The molecule has 0 unspecified atom stereocenters. The molecule has 0 saturated carbocycles. The van der Waals surface area contributed by atoms with Crippen LogP contribution in [-0.2, 0) is 19.1 Å². The van der Waals surface area contributed by atoms with Crippen molar-refractivity contribution in [2.45, 2.75) is 66.2 Å². The smallest absolute Gasteiger partial charge is 0.344 e. The van der Waals surface area contributed by atoms with Crippen LogP contribution in [0, 0.1) is 13.8 Å². The van der Waals surface area contributed by atoms with Crippen molar-refractivity contribution in [2.24, 2.45) is 0 Å². The monoisotopic (exact) mass is 494 g/mol. The van der Waals surface area contributed by atoms with E-state index >= 15 is 0 Å². The van der Waals surface area contributed by atoms with Crippen LogP contribution in [0.4, 0.5) is 0 Å². The van der Waals surface area contributed by atoms with Gasteiger partial charge in [-0.1, -0.05) is 74.9 Å². The Morgan fingerprint density at radius 2 is 1.03 bits per heavy atom. The lowest BCUT2D eigenvalue weighted by atomic mass is 9.98. The van der Waals surface area contributed by atoms with Crippen molar-refractivity contribution in [3.8, 4) is 11.5 Å². The highest BCUT2D eigenvalue weighted by atomic mass is 16.6. The summed E-state index contributed by atoms with van der Waals surface area (Å²) in [5.41, 5.74) is 2.09. The van der Waals surface area contributed by atoms with E-state index in [-0.39, 0.29) is 19.2 Å². The largest absolute Gasteiger partial charge is 0.481 e. The fourth-order valence-electron chi connectivity index (χ4n) is 4.11. The summed E-state index contributed by atoms with van der Waals surface area (Å²) in [6, 6.07) is 11.9. The van der Waals surface area contributed by atoms with E-state index in [2.05, 4.69) is 13.8 Å². The molecule has 6 heteroatoms. The van der Waals surface area contributed by atoms with E-state index < -0.39 is 5.97 Å². The number of fused-ring (bicyclic) bond motifs is 2. The second-order valence-electron chi connectivity index (χ2n) is 9.19. The minimum absolute atomic E-state index is 0.178. The Balaban J connectivity index is 1.90. The summed E-state index contributed by atoms with van der Waals surface area (Å²) in [5, 5.41) is 3.25. The Kier molecular flexibility index (Phi) is 10.4. The minimum Gasteiger partial charge on any atom is -0.481 e. The molecule has 0 aliphatic rings. The first-order valence-corrected chi connectivity index (χ1v) is 13.0. The molecule has 0 aliphatic carbocycles. The Bertz CT molecular complexity index is 1120. The third kappa shape index (κ3) is 7.36. The highest BCUT2D eigenvalue weighted by Crippen LogP contribution is 2.43. The van der Waals surface area contributed by atoms with Gasteiger partial charge in [0.15, 0.2) is 13.2 Å². The average molecular weight is 495 g/mol. The second-order valence-corrected chi connectivity index (χ2v) is 9.19. The zero-order valence-corrected chi connectivity index (χ0v) is 22.0. The summed E-state index contributed by atoms with van der Waals surface area (Å²) in [7, 11) is 0. The molecule has 3 aromatic carbocycles. The topological polar surface area (TPSA) is 71.1 Å². The van der Waals surface area contributed by atoms with Gasteiger partial charge in [0, 0.05) is 21.5 Å². The normalized spacial score (nSPS) is 11.0. The number of unbranched alkanes of at least 4 members (excludes halogenated alkanes) is 4. The molecule has 0 fully saturated rings. The SMILES string of the molecule is CCCCCOC(=O)COc1c2ccc(C)cc2c(OCC(=O)OCCCCC)c2cc(C)ccc12. The van der Waals surface area contributed by atoms with Crippen LogP contribution in [0.2, 0.25) is 0 Å². The summed E-state index contributed by atoms with van der Waals surface area (Å²) in [6.45, 7) is 8.66. The van der Waals surface area contributed by atoms with Crippen LogP contribution in [-0.4, -0.2) is 38.4 Å². The third-order valence-corrected chi connectivity index (χ3v) is 6.02. The Morgan fingerprint density at radius 3 is 1.44 bits per heavy atom. The molecule has 0 aromatic heterocycles. The summed E-state index contributed by atoms with van der Waals surface area (Å²) < 4.78 is 22.8. The van der Waals surface area contributed by atoms with Gasteiger partial charge < -0.3 is 18.9 Å². The molecule has 0 saturated heterocycles. The first-order chi connectivity index (χ1) is 17.4. The zero-order valence-electron chi connectivity index (χ0n) is 22.0. The van der Waals surface area contributed by atoms with E-state index in [1.54, 1.807) is 0 Å². The molecule has 0 heterocycles. The fourth-order valence-corrected chi connectivity index (χ4v) is 4.11. The maximum Gasteiger partial charge on any atom is 0.344 e. The lowest BCUT2D eigenvalue weighted by Crippen LogP contribution is -2.17. The van der Waals surface area contributed by atoms with E-state index in [1.807, 2.05) is 50.2 Å². The molecule has 36 heavy (non-hydrogen) atoms. The maximum absolute atomic E-state index is 12.3. The van der Waals surface area contributed by atoms with Gasteiger partial charge in [-0.25, -0.2) is 9.59 Å². The molecule has 6 nitrogen and oxygen atoms in total. The predicted octanol–water partition coefficient (Wildman–Crippen LogP) is 6.83. The molecule has 3 rings (SSSR count). The molecule has 0 spiro atoms. The number of rotatable bonds is 14. The van der Waals surface area contributed by atoms with Crippen molar-refractivity contribution in [3.05, 3.63) is 47.5 Å². The first-order valence-electron chi connectivity index (χ1n) is 13.0. The summed E-state index contributed by atoms with van der Waals surface area (Å²) >= 11 is 0. The number of carbonyl (C=O) groups excluding carboxylic acids is 2. The van der Waals surface area contributed by atoms with E-state index in [1.165, 1.54) is 0 Å². The summed E-state index contributed by atoms with van der Waals surface area (Å²) in [6.07, 6.45) is 5.87. The highest BCUT2D eigenvalue weighted by Gasteiger charge is 2.19. The van der Waals surface area contributed by atoms with Gasteiger partial charge in [-0.05, 0) is 38.8 Å². The van der Waals surface area contributed by atoms with E-state index in [0.29, 0.717) is 24.7 Å². The van der Waals surface area contributed by atoms with Crippen molar-refractivity contribution < 1.29 is 28.5 Å². The molecule has 0 amide bonds. The summed E-state index contributed by atoms with van der Waals surface area (Å²) in [5.74, 6) is 0.420. The number of esters is 2. The van der Waals surface area contributed by atoms with Crippen LogP contribution in [0.5, 0.6) is 11.5 Å². The maximum atomic E-state index is 12.3. The standard InChI is InChI=1S/C30H38O6/c1-5-7-9-15-33-27(31)19-35-29-23-13-11-21(3)17-25(23)30(26-18-22(4)12-14-24(26)29)36-20-28(32)34-16-10-8-6-2/h11-14,17-18H,5-10,15-16,19-20H2,1-4H3. The van der Waals surface area contributed by atoms with Crippen molar-refractivity contribution in [1.82, 2.24) is 0 Å². The Morgan fingerprint density at radius 1 is 0.611 bits per heavy atom. The van der Waals surface area contributed by atoms with Crippen LogP contribution in [0.3, 0.4) is 0 Å². The number of benzene rings is 3. The number of hydrogen-bond acceptors (Lipinski definition) is 6. The van der Waals surface area contributed by atoms with Crippen molar-refractivity contribution in [2.75, 3.05) is 26.4 Å². The molecule has 3 aromatic rings. The van der Waals surface area contributed by atoms with Crippen molar-refractivity contribution in [3.63, 3.8) is 0 Å². The molecule has 0 bridgehead atoms. The van der Waals surface area contributed by atoms with Crippen LogP contribution in [0.1, 0.15) is 63.5 Å². The average Bonchev–Trinajstić information content (AvgIpc) is 2.86. The number of hydrogen-bond donors (Lipinski definition) is 0. The van der Waals surface area contributed by atoms with Gasteiger partial charge in [0.25, 0.3) is 0 Å². The molecule has 194 valence electrons. The zero-order chi connectivity index (χ0) is 25.9. The van der Waals surface area contributed by atoms with Gasteiger partial charge >= 0.3 is 11.9 Å². The third-order valence-electron chi connectivity index (χ3n) is 6.02. The highest BCUT2D eigenvalue weighted by molar-refractivity contribution is 6.11. The Hall–Kier alpha value is -3.28. The first kappa shape index (κ1) is 27.3. The van der Waals surface area contributed by atoms with Gasteiger partial charge in [-0.15, -0.1) is 0 Å². The van der Waals surface area contributed by atoms with Gasteiger partial charge in [-0.2, -0.15) is 0 Å². The molecule has 0 N–H and O–H groups in total. The molecule has 0 atom stereocenters. The van der Waals surface area contributed by atoms with Gasteiger partial charge in [0.05, 0.1) is 13.2 Å². The van der Waals surface area contributed by atoms with Crippen LogP contribution >= 0.6 is 0 Å². The Labute approximate surface area is 213 Å².